The van der Waals surface area contributed by atoms with Crippen LogP contribution < -0.4 is 16.0 Å². The molecule has 3 N–H and O–H groups in total. The van der Waals surface area contributed by atoms with Crippen LogP contribution in [0.5, 0.6) is 0 Å². The van der Waals surface area contributed by atoms with Crippen LogP contribution in [-0.4, -0.2) is 62.8 Å². The molecule has 0 aromatic heterocycles. The molecule has 1 heterocycles. The second-order valence-electron chi connectivity index (χ2n) is 9.56. The van der Waals surface area contributed by atoms with Gasteiger partial charge in [0.1, 0.15) is 6.04 Å². The Balaban J connectivity index is 1.45. The summed E-state index contributed by atoms with van der Waals surface area (Å²) in [5.74, 6) is -0.669. The zero-order chi connectivity index (χ0) is 30.0. The van der Waals surface area contributed by atoms with Gasteiger partial charge in [0.25, 0.3) is 0 Å². The van der Waals surface area contributed by atoms with E-state index in [1.165, 1.54) is 18.2 Å². The van der Waals surface area contributed by atoms with Crippen LogP contribution in [0.2, 0.25) is 0 Å². The van der Waals surface area contributed by atoms with Crippen molar-refractivity contribution in [1.29, 1.82) is 0 Å². The monoisotopic (exact) mass is 579 g/mol. The highest BCUT2D eigenvalue weighted by atomic mass is 19.4. The molecule has 220 valence electrons. The van der Waals surface area contributed by atoms with Gasteiger partial charge in [-0.05, 0) is 60.3 Å². The molecule has 0 radical (unpaired) electrons. The molecule has 4 rings (SSSR count). The number of rotatable bonds is 11. The second kappa shape index (κ2) is 14.4. The van der Waals surface area contributed by atoms with Gasteiger partial charge in [0.05, 0.1) is 30.2 Å². The third-order valence-electron chi connectivity index (χ3n) is 6.65. The van der Waals surface area contributed by atoms with Crippen LogP contribution in [0, 0.1) is 0 Å². The molecule has 1 saturated heterocycles. The molecular formula is C31H32F3N5O3. The molecule has 8 nitrogen and oxygen atoms in total. The van der Waals surface area contributed by atoms with Crippen molar-refractivity contribution in [2.75, 3.05) is 50.0 Å². The van der Waals surface area contributed by atoms with Gasteiger partial charge in [0, 0.05) is 37.9 Å². The van der Waals surface area contributed by atoms with Gasteiger partial charge >= 0.3 is 6.18 Å². The smallest absolute Gasteiger partial charge is 0.379 e. The number of aliphatic imine (C=N–C) groups is 1. The Kier molecular flexibility index (Phi) is 10.5. The molecule has 3 aromatic carbocycles. The minimum absolute atomic E-state index is 0.319. The first-order valence-corrected chi connectivity index (χ1v) is 13.4. The number of nitrogens with one attached hydrogen (secondary N) is 3. The standard InChI is InChI=1S/C31H32F3N5O3/c1-35-26-4-2-3-5-27(26)38-28(40)15-8-22-6-9-23(10-7-22)29(30(41)36-16-17-39-18-20-42-21-19-39)37-25-13-11-24(12-14-25)31(32,33)34/h2-15,29,37H,1,16-21H2,(H,36,41)(H,38,40)/b15-8+. The van der Waals surface area contributed by atoms with Crippen molar-refractivity contribution in [3.05, 3.63) is 95.6 Å². The lowest BCUT2D eigenvalue weighted by molar-refractivity contribution is -0.137. The van der Waals surface area contributed by atoms with Crippen LogP contribution >= 0.6 is 0 Å². The summed E-state index contributed by atoms with van der Waals surface area (Å²) < 4.78 is 44.4. The molecular weight excluding hydrogens is 547 g/mol. The van der Waals surface area contributed by atoms with Crippen molar-refractivity contribution in [2.24, 2.45) is 4.99 Å². The highest BCUT2D eigenvalue weighted by Gasteiger charge is 2.30. The fourth-order valence-corrected chi connectivity index (χ4v) is 4.35. The maximum Gasteiger partial charge on any atom is 0.416 e. The van der Waals surface area contributed by atoms with Gasteiger partial charge in [0.15, 0.2) is 0 Å². The first-order chi connectivity index (χ1) is 20.2. The number of hydrogen-bond acceptors (Lipinski definition) is 6. The lowest BCUT2D eigenvalue weighted by Crippen LogP contribution is -2.43. The van der Waals surface area contributed by atoms with E-state index in [1.807, 2.05) is 0 Å². The fraction of sp³-hybridized carbons (Fsp3) is 0.258. The number of alkyl halides is 3. The molecule has 1 atom stereocenters. The quantitative estimate of drug-likeness (QED) is 0.212. The number of benzene rings is 3. The third-order valence-corrected chi connectivity index (χ3v) is 6.65. The van der Waals surface area contributed by atoms with Crippen LogP contribution in [0.15, 0.2) is 83.9 Å². The molecule has 1 unspecified atom stereocenters. The zero-order valence-corrected chi connectivity index (χ0v) is 22.9. The Labute approximate surface area is 242 Å². The minimum atomic E-state index is -4.46. The number of nitrogens with zero attached hydrogens (tertiary/aromatic N) is 2. The predicted molar refractivity (Wildman–Crippen MR) is 158 cm³/mol. The van der Waals surface area contributed by atoms with Crippen LogP contribution in [0.4, 0.5) is 30.2 Å². The molecule has 1 aliphatic rings. The zero-order valence-electron chi connectivity index (χ0n) is 22.9. The van der Waals surface area contributed by atoms with E-state index in [-0.39, 0.29) is 11.8 Å². The number of morpholine rings is 1. The van der Waals surface area contributed by atoms with E-state index in [4.69, 9.17) is 4.74 Å². The first kappa shape index (κ1) is 30.5. The van der Waals surface area contributed by atoms with E-state index in [9.17, 15) is 22.8 Å². The van der Waals surface area contributed by atoms with Crippen molar-refractivity contribution >= 4 is 41.7 Å². The average molecular weight is 580 g/mol. The average Bonchev–Trinajstić information content (AvgIpc) is 3.00. The van der Waals surface area contributed by atoms with E-state index in [0.717, 1.165) is 25.2 Å². The Hall–Kier alpha value is -4.48. The topological polar surface area (TPSA) is 95.1 Å². The van der Waals surface area contributed by atoms with Gasteiger partial charge in [-0.15, -0.1) is 0 Å². The van der Waals surface area contributed by atoms with Crippen LogP contribution in [0.25, 0.3) is 6.08 Å². The number of halogens is 3. The molecule has 0 bridgehead atoms. The lowest BCUT2D eigenvalue weighted by atomic mass is 10.0. The Morgan fingerprint density at radius 1 is 1.00 bits per heavy atom. The predicted octanol–water partition coefficient (Wildman–Crippen LogP) is 5.29. The summed E-state index contributed by atoms with van der Waals surface area (Å²) in [5.41, 5.74) is 2.00. The molecule has 1 fully saturated rings. The fourth-order valence-electron chi connectivity index (χ4n) is 4.35. The van der Waals surface area contributed by atoms with Crippen LogP contribution in [0.3, 0.4) is 0 Å². The Morgan fingerprint density at radius 3 is 2.36 bits per heavy atom. The number of amides is 2. The SMILES string of the molecule is C=Nc1ccccc1NC(=O)/C=C/c1ccc(C(Nc2ccc(C(F)(F)F)cc2)C(=O)NCCN2CCOCC2)cc1. The highest BCUT2D eigenvalue weighted by molar-refractivity contribution is 6.03. The van der Waals surface area contributed by atoms with Crippen molar-refractivity contribution in [2.45, 2.75) is 12.2 Å². The molecule has 42 heavy (non-hydrogen) atoms. The highest BCUT2D eigenvalue weighted by Crippen LogP contribution is 2.31. The largest absolute Gasteiger partial charge is 0.416 e. The molecule has 3 aromatic rings. The number of carbonyl (C=O) groups is 2. The van der Waals surface area contributed by atoms with Crippen LogP contribution in [-0.2, 0) is 20.5 Å². The number of carbonyl (C=O) groups excluding carboxylic acids is 2. The number of hydrogen-bond donors (Lipinski definition) is 3. The third kappa shape index (κ3) is 8.76. The minimum Gasteiger partial charge on any atom is -0.379 e. The van der Waals surface area contributed by atoms with Crippen molar-refractivity contribution in [3.63, 3.8) is 0 Å². The summed E-state index contributed by atoms with van der Waals surface area (Å²) in [5, 5.41) is 8.75. The summed E-state index contributed by atoms with van der Waals surface area (Å²) >= 11 is 0. The van der Waals surface area contributed by atoms with Crippen molar-refractivity contribution in [1.82, 2.24) is 10.2 Å². The summed E-state index contributed by atoms with van der Waals surface area (Å²) in [6.45, 7) is 7.43. The van der Waals surface area contributed by atoms with Crippen molar-refractivity contribution < 1.29 is 27.5 Å². The van der Waals surface area contributed by atoms with E-state index in [2.05, 4.69) is 32.6 Å². The molecule has 0 saturated carbocycles. The lowest BCUT2D eigenvalue weighted by Gasteiger charge is -2.27. The molecule has 0 aliphatic carbocycles. The van der Waals surface area contributed by atoms with Gasteiger partial charge in [-0.25, -0.2) is 0 Å². The van der Waals surface area contributed by atoms with E-state index >= 15 is 0 Å². The van der Waals surface area contributed by atoms with Gasteiger partial charge in [-0.1, -0.05) is 36.4 Å². The van der Waals surface area contributed by atoms with Crippen molar-refractivity contribution in [3.8, 4) is 0 Å². The van der Waals surface area contributed by atoms with E-state index in [1.54, 1.807) is 54.6 Å². The number of ether oxygens (including phenoxy) is 1. The maximum atomic E-state index is 13.3. The molecule has 1 aliphatic heterocycles. The van der Waals surface area contributed by atoms with Crippen LogP contribution in [0.1, 0.15) is 22.7 Å². The second-order valence-corrected chi connectivity index (χ2v) is 9.56. The van der Waals surface area contributed by atoms with Gasteiger partial charge in [-0.2, -0.15) is 13.2 Å². The normalized spacial score (nSPS) is 14.7. The summed E-state index contributed by atoms with van der Waals surface area (Å²) in [7, 11) is 0. The van der Waals surface area contributed by atoms with Gasteiger partial charge < -0.3 is 20.7 Å². The number of anilines is 2. The maximum absolute atomic E-state index is 13.3. The summed E-state index contributed by atoms with van der Waals surface area (Å²) in [4.78, 5) is 31.8. The molecule has 2 amide bonds. The molecule has 11 heteroatoms. The van der Waals surface area contributed by atoms with Gasteiger partial charge in [-0.3, -0.25) is 19.5 Å². The Bertz CT molecular complexity index is 1390. The number of para-hydroxylation sites is 2. The summed E-state index contributed by atoms with van der Waals surface area (Å²) in [6, 6.07) is 17.7. The summed E-state index contributed by atoms with van der Waals surface area (Å²) in [6.07, 6.45) is -1.45. The Morgan fingerprint density at radius 2 is 1.69 bits per heavy atom. The first-order valence-electron chi connectivity index (χ1n) is 13.4. The molecule has 0 spiro atoms. The van der Waals surface area contributed by atoms with Gasteiger partial charge in [0.2, 0.25) is 11.8 Å². The van der Waals surface area contributed by atoms with E-state index in [0.29, 0.717) is 54.5 Å². The van der Waals surface area contributed by atoms with E-state index < -0.39 is 17.8 Å².